The number of aliphatic carboxylic acids is 1. The summed E-state index contributed by atoms with van der Waals surface area (Å²) in [6.07, 6.45) is 6.82. The Morgan fingerprint density at radius 3 is 2.44 bits per heavy atom. The average Bonchev–Trinajstić information content (AvgIpc) is 3.51. The van der Waals surface area contributed by atoms with Crippen molar-refractivity contribution in [2.45, 2.75) is 130 Å². The molecule has 0 saturated heterocycles. The minimum atomic E-state index is -0.806. The highest BCUT2D eigenvalue weighted by Crippen LogP contribution is 2.69. The SMILES string of the molecule is COC(=O)c1c(C)nc2cccc(C)c2c1NCc1ccc(CC[C@@]2(O)CCC3(C)C(CC(O)C4C3CC(O)C3(C)C4CC[C@@H]3C(C)CCC(=O)O)C2)cc1. The van der Waals surface area contributed by atoms with E-state index in [0.29, 0.717) is 49.9 Å². The third kappa shape index (κ3) is 7.07. The van der Waals surface area contributed by atoms with E-state index < -0.39 is 29.7 Å². The van der Waals surface area contributed by atoms with Gasteiger partial charge in [-0.25, -0.2) is 4.79 Å². The summed E-state index contributed by atoms with van der Waals surface area (Å²) in [7, 11) is 1.39. The van der Waals surface area contributed by atoms with Gasteiger partial charge in [0, 0.05) is 18.4 Å². The second-order valence-corrected chi connectivity index (χ2v) is 18.5. The lowest BCUT2D eigenvalue weighted by atomic mass is 9.42. The molecule has 298 valence electrons. The minimum Gasteiger partial charge on any atom is -0.481 e. The van der Waals surface area contributed by atoms with Crippen molar-refractivity contribution in [2.75, 3.05) is 12.4 Å². The molecule has 9 nitrogen and oxygen atoms in total. The third-order valence-electron chi connectivity index (χ3n) is 15.7. The van der Waals surface area contributed by atoms with Gasteiger partial charge < -0.3 is 30.5 Å². The van der Waals surface area contributed by atoms with Crippen LogP contribution in [-0.2, 0) is 22.5 Å². The number of fused-ring (bicyclic) bond motifs is 6. The topological polar surface area (TPSA) is 149 Å². The number of aromatic nitrogens is 1. The van der Waals surface area contributed by atoms with Crippen LogP contribution in [0.2, 0.25) is 0 Å². The zero-order chi connectivity index (χ0) is 39.4. The van der Waals surface area contributed by atoms with Crippen LogP contribution < -0.4 is 5.32 Å². The van der Waals surface area contributed by atoms with Crippen LogP contribution in [0, 0.1) is 60.2 Å². The maximum atomic E-state index is 12.8. The molecule has 0 aliphatic heterocycles. The van der Waals surface area contributed by atoms with Crippen LogP contribution in [0.1, 0.15) is 118 Å². The van der Waals surface area contributed by atoms with E-state index in [9.17, 15) is 30.0 Å². The lowest BCUT2D eigenvalue weighted by molar-refractivity contribution is -0.216. The first-order valence-corrected chi connectivity index (χ1v) is 20.7. The normalized spacial score (nSPS) is 34.7. The molecule has 4 saturated carbocycles. The van der Waals surface area contributed by atoms with Crippen LogP contribution in [0.4, 0.5) is 5.69 Å². The lowest BCUT2D eigenvalue weighted by Gasteiger charge is -2.64. The number of aliphatic hydroxyl groups excluding tert-OH is 2. The third-order valence-corrected chi connectivity index (χ3v) is 15.7. The van der Waals surface area contributed by atoms with Gasteiger partial charge in [-0.3, -0.25) is 9.78 Å². The molecule has 11 atom stereocenters. The molecule has 0 radical (unpaired) electrons. The van der Waals surface area contributed by atoms with Crippen LogP contribution in [-0.4, -0.2) is 62.3 Å². The molecule has 1 heterocycles. The van der Waals surface area contributed by atoms with E-state index in [0.717, 1.165) is 65.4 Å². The molecule has 55 heavy (non-hydrogen) atoms. The average molecular weight is 755 g/mol. The van der Waals surface area contributed by atoms with Crippen molar-refractivity contribution >= 4 is 28.5 Å². The number of hydrogen-bond donors (Lipinski definition) is 5. The molecule has 0 bridgehead atoms. The summed E-state index contributed by atoms with van der Waals surface area (Å²) < 4.78 is 5.13. The number of methoxy groups -OCH3 is 1. The van der Waals surface area contributed by atoms with Gasteiger partial charge in [-0.1, -0.05) is 57.2 Å². The summed E-state index contributed by atoms with van der Waals surface area (Å²) in [6.45, 7) is 11.1. The summed E-state index contributed by atoms with van der Waals surface area (Å²) in [5.41, 5.74) is 4.71. The van der Waals surface area contributed by atoms with Gasteiger partial charge in [0.05, 0.1) is 41.8 Å². The summed E-state index contributed by atoms with van der Waals surface area (Å²) in [4.78, 5) is 28.9. The first-order valence-electron chi connectivity index (χ1n) is 20.7. The number of carboxylic acid groups (broad SMARTS) is 1. The Bertz CT molecular complexity index is 1910. The molecular formula is C46H62N2O7. The van der Waals surface area contributed by atoms with E-state index in [1.807, 2.05) is 32.0 Å². The molecule has 5 N–H and O–H groups in total. The van der Waals surface area contributed by atoms with Gasteiger partial charge in [-0.2, -0.15) is 0 Å². The number of nitrogens with one attached hydrogen (secondary N) is 1. The number of carbonyl (C=O) groups excluding carboxylic acids is 1. The van der Waals surface area contributed by atoms with E-state index in [1.165, 1.54) is 7.11 Å². The fourth-order valence-corrected chi connectivity index (χ4v) is 12.5. The summed E-state index contributed by atoms with van der Waals surface area (Å²) >= 11 is 0. The number of ether oxygens (including phenoxy) is 1. The number of aryl methyl sites for hydroxylation is 3. The van der Waals surface area contributed by atoms with Gasteiger partial charge in [0.25, 0.3) is 0 Å². The van der Waals surface area contributed by atoms with E-state index in [4.69, 9.17) is 4.74 Å². The number of anilines is 1. The lowest BCUT2D eigenvalue weighted by Crippen LogP contribution is -2.63. The molecule has 2 aromatic carbocycles. The van der Waals surface area contributed by atoms with Gasteiger partial charge in [-0.05, 0) is 147 Å². The highest BCUT2D eigenvalue weighted by atomic mass is 16.5. The number of hydrogen-bond acceptors (Lipinski definition) is 8. The van der Waals surface area contributed by atoms with Crippen LogP contribution in [0.15, 0.2) is 42.5 Å². The van der Waals surface area contributed by atoms with Crippen molar-refractivity contribution < 1.29 is 34.8 Å². The molecule has 1 aromatic heterocycles. The highest BCUT2D eigenvalue weighted by molar-refractivity contribution is 6.07. The molecule has 9 heteroatoms. The molecule has 7 rings (SSSR count). The van der Waals surface area contributed by atoms with Gasteiger partial charge in [-0.15, -0.1) is 0 Å². The molecule has 4 aliphatic rings. The summed E-state index contributed by atoms with van der Waals surface area (Å²) in [5, 5.41) is 49.6. The number of carbonyl (C=O) groups is 2. The van der Waals surface area contributed by atoms with E-state index in [1.54, 1.807) is 0 Å². The Labute approximate surface area is 326 Å². The molecule has 0 amide bonds. The fourth-order valence-electron chi connectivity index (χ4n) is 12.5. The molecule has 9 unspecified atom stereocenters. The molecule has 4 fully saturated rings. The zero-order valence-electron chi connectivity index (χ0n) is 33.6. The van der Waals surface area contributed by atoms with Crippen molar-refractivity contribution in [1.82, 2.24) is 4.98 Å². The van der Waals surface area contributed by atoms with E-state index >= 15 is 0 Å². The quantitative estimate of drug-likeness (QED) is 0.123. The van der Waals surface area contributed by atoms with Crippen molar-refractivity contribution in [1.29, 1.82) is 0 Å². The maximum Gasteiger partial charge on any atom is 0.341 e. The standard InChI is InChI=1S/C46H62N2O7/c1-26(10-17-38(51)52)32-15-16-33-41-34(23-37(50)45(32,33)5)44(4)20-21-46(54,24-31(44)22-36(41)49)19-18-29-11-13-30(14-12-29)25-47-42-39-27(2)8-7-9-35(39)48-28(3)40(42)43(53)55-6/h7-9,11-14,26,31-34,36-37,41,49-50,54H,10,15-25H2,1-6H3,(H,47,48)(H,51,52)/t26?,31?,32-,33?,34?,36?,37?,41?,44?,45?,46-/m1/s1. The Hall–Kier alpha value is -3.53. The first-order chi connectivity index (χ1) is 26.1. The number of pyridine rings is 1. The van der Waals surface area contributed by atoms with Crippen LogP contribution in [0.5, 0.6) is 0 Å². The van der Waals surface area contributed by atoms with Crippen LogP contribution in [0.25, 0.3) is 10.9 Å². The second-order valence-electron chi connectivity index (χ2n) is 18.5. The molecule has 0 spiro atoms. The van der Waals surface area contributed by atoms with Crippen LogP contribution in [0.3, 0.4) is 0 Å². The van der Waals surface area contributed by atoms with Gasteiger partial charge in [0.15, 0.2) is 0 Å². The number of nitrogens with zero attached hydrogens (tertiary/aromatic N) is 1. The first kappa shape index (κ1) is 39.7. The van der Waals surface area contributed by atoms with Gasteiger partial charge in [0.1, 0.15) is 5.56 Å². The Morgan fingerprint density at radius 1 is 1.00 bits per heavy atom. The van der Waals surface area contributed by atoms with E-state index in [2.05, 4.69) is 55.3 Å². The number of benzene rings is 2. The zero-order valence-corrected chi connectivity index (χ0v) is 33.6. The van der Waals surface area contributed by atoms with Crippen LogP contribution >= 0.6 is 0 Å². The number of carboxylic acids is 1. The molecular weight excluding hydrogens is 693 g/mol. The Morgan fingerprint density at radius 2 is 1.73 bits per heavy atom. The predicted octanol–water partition coefficient (Wildman–Crippen LogP) is 8.02. The predicted molar refractivity (Wildman–Crippen MR) is 214 cm³/mol. The molecule has 3 aromatic rings. The fraction of sp³-hybridized carbons (Fsp3) is 0.630. The second kappa shape index (κ2) is 15.1. The van der Waals surface area contributed by atoms with Crippen molar-refractivity contribution in [3.63, 3.8) is 0 Å². The monoisotopic (exact) mass is 754 g/mol. The summed E-state index contributed by atoms with van der Waals surface area (Å²) in [5.74, 6) is 0.0124. The Kier molecular flexibility index (Phi) is 10.9. The number of aliphatic hydroxyl groups is 3. The van der Waals surface area contributed by atoms with Crippen molar-refractivity contribution in [2.24, 2.45) is 46.3 Å². The van der Waals surface area contributed by atoms with Crippen molar-refractivity contribution in [3.05, 3.63) is 70.4 Å². The maximum absolute atomic E-state index is 12.8. The van der Waals surface area contributed by atoms with Gasteiger partial charge in [0.2, 0.25) is 0 Å². The van der Waals surface area contributed by atoms with E-state index in [-0.39, 0.29) is 52.8 Å². The Balaban J connectivity index is 0.995. The highest BCUT2D eigenvalue weighted by Gasteiger charge is 2.66. The minimum absolute atomic E-state index is 0.0505. The smallest absolute Gasteiger partial charge is 0.341 e. The van der Waals surface area contributed by atoms with Crippen molar-refractivity contribution in [3.8, 4) is 0 Å². The van der Waals surface area contributed by atoms with Gasteiger partial charge >= 0.3 is 11.9 Å². The number of rotatable bonds is 11. The molecule has 4 aliphatic carbocycles. The number of esters is 1. The summed E-state index contributed by atoms with van der Waals surface area (Å²) in [6, 6.07) is 14.4. The largest absolute Gasteiger partial charge is 0.481 e.